The van der Waals surface area contributed by atoms with Crippen LogP contribution in [0, 0.1) is 0 Å². The number of rotatable bonds is 6. The second-order valence-electron chi connectivity index (χ2n) is 5.53. The molecule has 0 fully saturated rings. The second-order valence-corrected chi connectivity index (χ2v) is 8.47. The highest BCUT2D eigenvalue weighted by atomic mass is 35.5. The molecular formula is C16H19Cl2N3O5S. The number of halogens is 2. The highest BCUT2D eigenvalue weighted by Crippen LogP contribution is 2.30. The van der Waals surface area contributed by atoms with Gasteiger partial charge < -0.3 is 15.8 Å². The molecule has 0 spiro atoms. The van der Waals surface area contributed by atoms with Crippen molar-refractivity contribution in [2.24, 2.45) is 5.73 Å². The number of aromatic nitrogens is 1. The van der Waals surface area contributed by atoms with Crippen LogP contribution in [0.3, 0.4) is 0 Å². The Labute approximate surface area is 166 Å². The first-order valence-corrected chi connectivity index (χ1v) is 9.90. The lowest BCUT2D eigenvalue weighted by Crippen LogP contribution is -2.35. The van der Waals surface area contributed by atoms with Gasteiger partial charge in [0.1, 0.15) is 5.70 Å². The van der Waals surface area contributed by atoms with Crippen LogP contribution in [-0.4, -0.2) is 35.6 Å². The summed E-state index contributed by atoms with van der Waals surface area (Å²) in [7, 11) is -3.50. The predicted octanol–water partition coefficient (Wildman–Crippen LogP) is 2.88. The van der Waals surface area contributed by atoms with Crippen molar-refractivity contribution in [3.63, 3.8) is 0 Å². The van der Waals surface area contributed by atoms with Crippen molar-refractivity contribution in [3.8, 4) is 0 Å². The molecule has 0 aliphatic rings. The van der Waals surface area contributed by atoms with E-state index in [0.29, 0.717) is 27.4 Å². The monoisotopic (exact) mass is 435 g/mol. The average molecular weight is 436 g/mol. The Kier molecular flexibility index (Phi) is 7.70. The number of aromatic amines is 1. The van der Waals surface area contributed by atoms with E-state index in [1.54, 1.807) is 13.0 Å². The number of sulfonamides is 1. The highest BCUT2D eigenvalue weighted by Gasteiger charge is 2.20. The number of nitrogens with two attached hydrogens (primary N) is 1. The minimum Gasteiger partial charge on any atom is -0.478 e. The Morgan fingerprint density at radius 3 is 2.44 bits per heavy atom. The summed E-state index contributed by atoms with van der Waals surface area (Å²) in [6.07, 6.45) is 1.86. The number of carboxylic acids is 1. The first kappa shape index (κ1) is 22.8. The molecule has 0 aliphatic heterocycles. The van der Waals surface area contributed by atoms with Gasteiger partial charge in [0.25, 0.3) is 5.91 Å². The number of benzene rings is 1. The zero-order chi connectivity index (χ0) is 20.9. The fourth-order valence-electron chi connectivity index (χ4n) is 1.89. The van der Waals surface area contributed by atoms with E-state index in [9.17, 15) is 18.0 Å². The van der Waals surface area contributed by atoms with Gasteiger partial charge >= 0.3 is 5.97 Å². The number of carboxylic acid groups (broad SMARTS) is 1. The average Bonchev–Trinajstić information content (AvgIpc) is 2.98. The van der Waals surface area contributed by atoms with Crippen LogP contribution in [0.5, 0.6) is 0 Å². The summed E-state index contributed by atoms with van der Waals surface area (Å²) in [5.41, 5.74) is 5.29. The van der Waals surface area contributed by atoms with Gasteiger partial charge in [-0.3, -0.25) is 9.52 Å². The second kappa shape index (κ2) is 9.12. The van der Waals surface area contributed by atoms with Crippen LogP contribution in [0.4, 0.5) is 0 Å². The molecular weight excluding hydrogens is 417 g/mol. The number of fused-ring (bicyclic) bond motifs is 1. The molecule has 1 atom stereocenters. The van der Waals surface area contributed by atoms with E-state index in [2.05, 4.69) is 11.6 Å². The number of hydrogen-bond acceptors (Lipinski definition) is 4. The standard InChI is InChI=1S/C9H5Cl2NO2.C7H14N2O3S/c10-4-1-6(11)8-5(9(13)14)3-12-7(8)2-4;1-4-5(2)13(11,12)9-6(3)7(8)10/h1-3,12H,(H,13,14);5,9H,3-4H2,1-2H3,(H2,8,10). The van der Waals surface area contributed by atoms with Crippen LogP contribution >= 0.6 is 23.2 Å². The number of carbonyl (C=O) groups is 2. The molecule has 1 heterocycles. The smallest absolute Gasteiger partial charge is 0.337 e. The summed E-state index contributed by atoms with van der Waals surface area (Å²) >= 11 is 11.6. The van der Waals surface area contributed by atoms with Gasteiger partial charge in [-0.05, 0) is 25.5 Å². The summed E-state index contributed by atoms with van der Waals surface area (Å²) in [5, 5.41) is 9.59. The molecule has 1 aromatic carbocycles. The fraction of sp³-hybridized carbons (Fsp3) is 0.250. The quantitative estimate of drug-likeness (QED) is 0.515. The van der Waals surface area contributed by atoms with Crippen LogP contribution < -0.4 is 10.5 Å². The summed E-state index contributed by atoms with van der Waals surface area (Å²) < 4.78 is 24.6. The maximum Gasteiger partial charge on any atom is 0.337 e. The largest absolute Gasteiger partial charge is 0.478 e. The van der Waals surface area contributed by atoms with E-state index in [4.69, 9.17) is 34.0 Å². The van der Waals surface area contributed by atoms with Gasteiger partial charge in [0.05, 0.1) is 15.8 Å². The lowest BCUT2D eigenvalue weighted by atomic mass is 10.2. The van der Waals surface area contributed by atoms with E-state index < -0.39 is 27.1 Å². The number of H-pyrrole nitrogens is 1. The van der Waals surface area contributed by atoms with Crippen molar-refractivity contribution in [2.45, 2.75) is 25.5 Å². The van der Waals surface area contributed by atoms with E-state index in [-0.39, 0.29) is 11.3 Å². The number of hydrogen-bond donors (Lipinski definition) is 4. The summed E-state index contributed by atoms with van der Waals surface area (Å²) in [6, 6.07) is 3.15. The first-order chi connectivity index (χ1) is 12.4. The molecule has 1 aromatic heterocycles. The van der Waals surface area contributed by atoms with Gasteiger partial charge in [-0.15, -0.1) is 0 Å². The van der Waals surface area contributed by atoms with E-state index in [1.807, 2.05) is 4.72 Å². The van der Waals surface area contributed by atoms with Crippen molar-refractivity contribution < 1.29 is 23.1 Å². The molecule has 0 saturated heterocycles. The lowest BCUT2D eigenvalue weighted by molar-refractivity contribution is -0.114. The zero-order valence-corrected chi connectivity index (χ0v) is 16.9. The molecule has 1 amide bonds. The van der Waals surface area contributed by atoms with Crippen molar-refractivity contribution in [3.05, 3.63) is 46.2 Å². The molecule has 11 heteroatoms. The van der Waals surface area contributed by atoms with Crippen LogP contribution in [-0.2, 0) is 14.8 Å². The molecule has 148 valence electrons. The predicted molar refractivity (Wildman–Crippen MR) is 105 cm³/mol. The molecule has 0 aliphatic carbocycles. The molecule has 1 unspecified atom stereocenters. The Bertz CT molecular complexity index is 985. The third-order valence-corrected chi connectivity index (χ3v) is 6.03. The highest BCUT2D eigenvalue weighted by molar-refractivity contribution is 7.90. The summed E-state index contributed by atoms with van der Waals surface area (Å²) in [6.45, 7) is 6.46. The molecule has 5 N–H and O–H groups in total. The van der Waals surface area contributed by atoms with Gasteiger partial charge in [-0.2, -0.15) is 0 Å². The number of primary amides is 1. The van der Waals surface area contributed by atoms with Crippen molar-refractivity contribution in [2.75, 3.05) is 0 Å². The topological polar surface area (TPSA) is 142 Å². The van der Waals surface area contributed by atoms with Crippen molar-refractivity contribution in [1.82, 2.24) is 9.71 Å². The van der Waals surface area contributed by atoms with Crippen LogP contribution in [0.1, 0.15) is 30.6 Å². The summed E-state index contributed by atoms with van der Waals surface area (Å²) in [4.78, 5) is 24.1. The molecule has 0 saturated carbocycles. The molecule has 0 radical (unpaired) electrons. The Balaban J connectivity index is 0.000000271. The third-order valence-electron chi connectivity index (χ3n) is 3.59. The van der Waals surface area contributed by atoms with Gasteiger partial charge in [-0.25, -0.2) is 13.2 Å². The van der Waals surface area contributed by atoms with E-state index in [1.165, 1.54) is 19.2 Å². The van der Waals surface area contributed by atoms with Gasteiger partial charge in [-0.1, -0.05) is 36.7 Å². The molecule has 2 rings (SSSR count). The Hall–Kier alpha value is -2.23. The van der Waals surface area contributed by atoms with Gasteiger partial charge in [0.2, 0.25) is 10.0 Å². The normalized spacial score (nSPS) is 12.0. The van der Waals surface area contributed by atoms with Crippen LogP contribution in [0.25, 0.3) is 10.9 Å². The minimum absolute atomic E-state index is 0.154. The number of carbonyl (C=O) groups excluding carboxylic acids is 1. The molecule has 8 nitrogen and oxygen atoms in total. The maximum atomic E-state index is 11.3. The van der Waals surface area contributed by atoms with Crippen LogP contribution in [0.2, 0.25) is 10.0 Å². The van der Waals surface area contributed by atoms with Gasteiger partial charge in [0.15, 0.2) is 0 Å². The number of nitrogens with one attached hydrogen (secondary N) is 2. The molecule has 0 bridgehead atoms. The summed E-state index contributed by atoms with van der Waals surface area (Å²) in [5.74, 6) is -1.88. The maximum absolute atomic E-state index is 11.3. The SMILES string of the molecule is C=C(NS(=O)(=O)C(C)CC)C(N)=O.O=C(O)c1c[nH]c2cc(Cl)cc(Cl)c12. The lowest BCUT2D eigenvalue weighted by Gasteiger charge is -2.12. The van der Waals surface area contributed by atoms with Crippen molar-refractivity contribution in [1.29, 1.82) is 0 Å². The number of amides is 1. The molecule has 27 heavy (non-hydrogen) atoms. The number of aromatic carboxylic acids is 1. The van der Waals surface area contributed by atoms with Crippen molar-refractivity contribution >= 4 is 56.0 Å². The Morgan fingerprint density at radius 1 is 1.37 bits per heavy atom. The van der Waals surface area contributed by atoms with E-state index >= 15 is 0 Å². The van der Waals surface area contributed by atoms with Gasteiger partial charge in [0, 0.05) is 22.1 Å². The minimum atomic E-state index is -3.50. The zero-order valence-electron chi connectivity index (χ0n) is 14.5. The fourth-order valence-corrected chi connectivity index (χ4v) is 3.57. The first-order valence-electron chi connectivity index (χ1n) is 7.60. The third kappa shape index (κ3) is 5.88. The molecule has 2 aromatic rings. The Morgan fingerprint density at radius 2 is 1.96 bits per heavy atom. The van der Waals surface area contributed by atoms with Crippen LogP contribution in [0.15, 0.2) is 30.6 Å². The van der Waals surface area contributed by atoms with E-state index in [0.717, 1.165) is 0 Å².